The lowest BCUT2D eigenvalue weighted by Gasteiger charge is -2.15. The van der Waals surface area contributed by atoms with Gasteiger partial charge in [-0.05, 0) is 57.3 Å². The van der Waals surface area contributed by atoms with Crippen molar-refractivity contribution in [1.29, 1.82) is 0 Å². The zero-order valence-corrected chi connectivity index (χ0v) is 33.5. The fourth-order valence-corrected chi connectivity index (χ4v) is 6.36. The van der Waals surface area contributed by atoms with Crippen molar-refractivity contribution in [3.63, 3.8) is 0 Å². The van der Waals surface area contributed by atoms with Gasteiger partial charge in [0.25, 0.3) is 0 Å². The van der Waals surface area contributed by atoms with Gasteiger partial charge in [0.15, 0.2) is 6.10 Å². The number of esters is 2. The highest BCUT2D eigenvalue weighted by molar-refractivity contribution is 5.70. The van der Waals surface area contributed by atoms with Crippen LogP contribution in [-0.2, 0) is 23.8 Å². The third-order valence-electron chi connectivity index (χ3n) is 9.77. The van der Waals surface area contributed by atoms with E-state index in [2.05, 4.69) is 57.2 Å². The van der Waals surface area contributed by atoms with Crippen molar-refractivity contribution in [3.05, 3.63) is 36.5 Å². The number of epoxide rings is 1. The minimum absolute atomic E-state index is 0.0976. The zero-order chi connectivity index (χ0) is 37.0. The Balaban J connectivity index is 1.90. The van der Waals surface area contributed by atoms with Gasteiger partial charge < -0.3 is 19.3 Å². The lowest BCUT2D eigenvalue weighted by molar-refractivity contribution is -0.161. The van der Waals surface area contributed by atoms with E-state index in [1.165, 1.54) is 116 Å². The molecule has 0 aromatic rings. The summed E-state index contributed by atoms with van der Waals surface area (Å²) in [6.45, 7) is 6.42. The van der Waals surface area contributed by atoms with Gasteiger partial charge in [-0.1, -0.05) is 173 Å². The Bertz CT molecular complexity index is 893. The molecular formula is C45H80O6. The average Bonchev–Trinajstić information content (AvgIpc) is 3.87. The number of unbranched alkanes of at least 4 members (excludes halogenated alkanes) is 19. The van der Waals surface area contributed by atoms with E-state index >= 15 is 0 Å². The second kappa shape index (κ2) is 35.1. The van der Waals surface area contributed by atoms with Crippen LogP contribution < -0.4 is 0 Å². The molecule has 6 heteroatoms. The molecule has 51 heavy (non-hydrogen) atoms. The first-order chi connectivity index (χ1) is 25.0. The Hall–Kier alpha value is -1.92. The second-order valence-electron chi connectivity index (χ2n) is 15.3. The first-order valence-electron chi connectivity index (χ1n) is 21.5. The molecule has 6 nitrogen and oxygen atoms in total. The van der Waals surface area contributed by atoms with Crippen LogP contribution in [0.1, 0.15) is 201 Å². The second-order valence-corrected chi connectivity index (χ2v) is 15.3. The van der Waals surface area contributed by atoms with E-state index in [9.17, 15) is 14.7 Å². The van der Waals surface area contributed by atoms with E-state index in [-0.39, 0.29) is 25.2 Å². The smallest absolute Gasteiger partial charge is 0.306 e. The van der Waals surface area contributed by atoms with Crippen molar-refractivity contribution in [2.24, 2.45) is 5.92 Å². The molecule has 3 atom stereocenters. The Morgan fingerprint density at radius 2 is 1.10 bits per heavy atom. The number of aliphatic hydroxyl groups is 1. The zero-order valence-electron chi connectivity index (χ0n) is 33.5. The molecule has 0 aromatic carbocycles. The molecule has 0 amide bonds. The summed E-state index contributed by atoms with van der Waals surface area (Å²) in [7, 11) is 0. The molecule has 0 bridgehead atoms. The van der Waals surface area contributed by atoms with Crippen LogP contribution in [0, 0.1) is 5.92 Å². The molecule has 1 aliphatic heterocycles. The van der Waals surface area contributed by atoms with Crippen molar-refractivity contribution in [2.45, 2.75) is 219 Å². The van der Waals surface area contributed by atoms with Crippen LogP contribution in [0.5, 0.6) is 0 Å². The number of carbonyl (C=O) groups is 2. The minimum atomic E-state index is -0.797. The standard InChI is InChI=1S/C45H80O6/c1-4-5-6-7-8-17-21-24-29-34-42-43(51-42)35-30-26-27-31-36-44(47)49-39-41(38-46)50-45(48)37-32-25-22-19-16-14-12-10-9-11-13-15-18-20-23-28-33-40(2)3/h8,17,24,26,29-30,40-43,46H,4-7,9-16,18-23,25,27-28,31-39H2,1-3H3/b17-8-,29-24-,30-26-/t41-,42?,43?/m0/s1. The Morgan fingerprint density at radius 3 is 1.67 bits per heavy atom. The third kappa shape index (κ3) is 32.5. The van der Waals surface area contributed by atoms with Gasteiger partial charge in [0, 0.05) is 12.8 Å². The third-order valence-corrected chi connectivity index (χ3v) is 9.77. The number of ether oxygens (including phenoxy) is 3. The Morgan fingerprint density at radius 1 is 0.608 bits per heavy atom. The fourth-order valence-electron chi connectivity index (χ4n) is 6.36. The SMILES string of the molecule is CCCCC/C=C\C/C=C\CC1OC1C/C=C\CCCC(=O)OC[C@H](CO)OC(=O)CCCCCCCCCCCCCCCCCCC(C)C. The molecule has 0 spiro atoms. The number of hydrogen-bond acceptors (Lipinski definition) is 6. The molecule has 0 aromatic heterocycles. The average molecular weight is 717 g/mol. The normalized spacial score (nSPS) is 16.6. The number of carbonyl (C=O) groups excluding carboxylic acids is 2. The van der Waals surface area contributed by atoms with Crippen molar-refractivity contribution >= 4 is 11.9 Å². The van der Waals surface area contributed by atoms with Gasteiger partial charge in [-0.3, -0.25) is 9.59 Å². The van der Waals surface area contributed by atoms with Gasteiger partial charge in [-0.15, -0.1) is 0 Å². The highest BCUT2D eigenvalue weighted by atomic mass is 16.6. The van der Waals surface area contributed by atoms with Crippen LogP contribution in [0.3, 0.4) is 0 Å². The largest absolute Gasteiger partial charge is 0.462 e. The van der Waals surface area contributed by atoms with E-state index in [0.717, 1.165) is 50.9 Å². The van der Waals surface area contributed by atoms with Crippen LogP contribution in [-0.4, -0.2) is 48.6 Å². The summed E-state index contributed by atoms with van der Waals surface area (Å²) >= 11 is 0. The number of hydrogen-bond donors (Lipinski definition) is 1. The monoisotopic (exact) mass is 717 g/mol. The van der Waals surface area contributed by atoms with Crippen molar-refractivity contribution in [3.8, 4) is 0 Å². The number of allylic oxidation sites excluding steroid dienone is 4. The topological polar surface area (TPSA) is 85.4 Å². The number of aliphatic hydroxyl groups excluding tert-OH is 1. The van der Waals surface area contributed by atoms with Crippen LogP contribution in [0.2, 0.25) is 0 Å². The Labute approximate surface area is 314 Å². The molecule has 296 valence electrons. The lowest BCUT2D eigenvalue weighted by atomic mass is 10.0. The van der Waals surface area contributed by atoms with Crippen LogP contribution in [0.4, 0.5) is 0 Å². The summed E-state index contributed by atoms with van der Waals surface area (Å²) in [5.41, 5.74) is 0. The maximum absolute atomic E-state index is 12.2. The summed E-state index contributed by atoms with van der Waals surface area (Å²) in [5, 5.41) is 9.58. The van der Waals surface area contributed by atoms with Gasteiger partial charge in [-0.25, -0.2) is 0 Å². The quantitative estimate of drug-likeness (QED) is 0.0298. The molecule has 1 aliphatic rings. The molecular weight excluding hydrogens is 636 g/mol. The van der Waals surface area contributed by atoms with E-state index in [1.807, 2.05) is 0 Å². The predicted molar refractivity (Wildman–Crippen MR) is 214 cm³/mol. The van der Waals surface area contributed by atoms with E-state index < -0.39 is 6.10 Å². The molecule has 2 unspecified atom stereocenters. The fraction of sp³-hybridized carbons (Fsp3) is 0.822. The predicted octanol–water partition coefficient (Wildman–Crippen LogP) is 12.5. The molecule has 0 aliphatic carbocycles. The lowest BCUT2D eigenvalue weighted by Crippen LogP contribution is -2.28. The maximum atomic E-state index is 12.2. The van der Waals surface area contributed by atoms with Gasteiger partial charge in [0.1, 0.15) is 6.61 Å². The molecule has 1 saturated heterocycles. The van der Waals surface area contributed by atoms with Crippen LogP contribution >= 0.6 is 0 Å². The molecule has 1 fully saturated rings. The molecule has 0 saturated carbocycles. The highest BCUT2D eigenvalue weighted by Crippen LogP contribution is 2.29. The summed E-state index contributed by atoms with van der Waals surface area (Å²) in [5.74, 6) is 0.195. The van der Waals surface area contributed by atoms with Gasteiger partial charge in [0.2, 0.25) is 0 Å². The Kier molecular flexibility index (Phi) is 32.4. The van der Waals surface area contributed by atoms with E-state index in [0.29, 0.717) is 31.5 Å². The first-order valence-corrected chi connectivity index (χ1v) is 21.5. The van der Waals surface area contributed by atoms with E-state index in [1.54, 1.807) is 0 Å². The van der Waals surface area contributed by atoms with Gasteiger partial charge in [0.05, 0.1) is 18.8 Å². The van der Waals surface area contributed by atoms with Crippen molar-refractivity contribution < 1.29 is 28.9 Å². The van der Waals surface area contributed by atoms with E-state index in [4.69, 9.17) is 14.2 Å². The summed E-state index contributed by atoms with van der Waals surface area (Å²) in [6.07, 6.45) is 45.3. The first kappa shape index (κ1) is 47.1. The highest BCUT2D eigenvalue weighted by Gasteiger charge is 2.35. The van der Waals surface area contributed by atoms with Crippen LogP contribution in [0.15, 0.2) is 36.5 Å². The molecule has 1 N–H and O–H groups in total. The minimum Gasteiger partial charge on any atom is -0.462 e. The van der Waals surface area contributed by atoms with Gasteiger partial charge >= 0.3 is 11.9 Å². The van der Waals surface area contributed by atoms with Gasteiger partial charge in [-0.2, -0.15) is 0 Å². The van der Waals surface area contributed by atoms with Crippen LogP contribution in [0.25, 0.3) is 0 Å². The van der Waals surface area contributed by atoms with Crippen molar-refractivity contribution in [2.75, 3.05) is 13.2 Å². The maximum Gasteiger partial charge on any atom is 0.306 e. The van der Waals surface area contributed by atoms with Crippen molar-refractivity contribution in [1.82, 2.24) is 0 Å². The molecule has 0 radical (unpaired) electrons. The summed E-state index contributed by atoms with van der Waals surface area (Å²) in [6, 6.07) is 0. The number of rotatable bonds is 37. The summed E-state index contributed by atoms with van der Waals surface area (Å²) < 4.78 is 16.4. The molecule has 1 heterocycles. The summed E-state index contributed by atoms with van der Waals surface area (Å²) in [4.78, 5) is 24.3. The molecule has 1 rings (SSSR count).